The first-order valence-electron chi connectivity index (χ1n) is 5.68. The average Bonchev–Trinajstić information content (AvgIpc) is 2.38. The molecule has 0 aromatic heterocycles. The number of benzene rings is 1. The monoisotopic (exact) mass is 366 g/mol. The predicted molar refractivity (Wildman–Crippen MR) is 71.8 cm³/mol. The van der Waals surface area contributed by atoms with Gasteiger partial charge >= 0.3 is 0 Å². The van der Waals surface area contributed by atoms with Crippen LogP contribution in [0.2, 0.25) is 0 Å². The molecule has 6 nitrogen and oxygen atoms in total. The highest BCUT2D eigenvalue weighted by Crippen LogP contribution is 2.25. The fourth-order valence-corrected chi connectivity index (χ4v) is 3.86. The third-order valence-electron chi connectivity index (χ3n) is 2.89. The zero-order valence-corrected chi connectivity index (χ0v) is 12.7. The number of sulfonamides is 1. The van der Waals surface area contributed by atoms with Gasteiger partial charge in [0.25, 0.3) is 0 Å². The number of amides is 1. The van der Waals surface area contributed by atoms with Gasteiger partial charge in [0.2, 0.25) is 15.9 Å². The van der Waals surface area contributed by atoms with E-state index in [2.05, 4.69) is 15.9 Å². The summed E-state index contributed by atoms with van der Waals surface area (Å²) < 4.78 is 45.1. The van der Waals surface area contributed by atoms with Crippen LogP contribution in [0.25, 0.3) is 0 Å². The second kappa shape index (κ2) is 5.76. The van der Waals surface area contributed by atoms with E-state index in [9.17, 15) is 17.6 Å². The van der Waals surface area contributed by atoms with E-state index in [0.29, 0.717) is 4.47 Å². The normalized spacial score (nSPS) is 20.8. The van der Waals surface area contributed by atoms with Gasteiger partial charge < -0.3 is 10.5 Å². The van der Waals surface area contributed by atoms with Gasteiger partial charge in [-0.05, 0) is 18.2 Å². The van der Waals surface area contributed by atoms with Gasteiger partial charge in [-0.1, -0.05) is 15.9 Å². The molecule has 20 heavy (non-hydrogen) atoms. The predicted octanol–water partition coefficient (Wildman–Crippen LogP) is 0.463. The highest BCUT2D eigenvalue weighted by molar-refractivity contribution is 9.10. The molecular formula is C11H12BrFN2O4S. The lowest BCUT2D eigenvalue weighted by Gasteiger charge is -2.32. The van der Waals surface area contributed by atoms with Crippen LogP contribution in [0.5, 0.6) is 0 Å². The molecule has 1 aromatic rings. The molecule has 1 aliphatic heterocycles. The first-order chi connectivity index (χ1) is 9.34. The number of rotatable bonds is 3. The van der Waals surface area contributed by atoms with Crippen molar-refractivity contribution in [1.82, 2.24) is 4.31 Å². The number of ether oxygens (including phenoxy) is 1. The minimum Gasteiger partial charge on any atom is -0.378 e. The average molecular weight is 367 g/mol. The molecule has 1 unspecified atom stereocenters. The van der Waals surface area contributed by atoms with E-state index >= 15 is 0 Å². The largest absolute Gasteiger partial charge is 0.378 e. The number of halogens is 2. The fourth-order valence-electron chi connectivity index (χ4n) is 1.91. The van der Waals surface area contributed by atoms with Crippen LogP contribution in [0.1, 0.15) is 0 Å². The Morgan fingerprint density at radius 3 is 2.80 bits per heavy atom. The van der Waals surface area contributed by atoms with E-state index in [1.807, 2.05) is 0 Å². The van der Waals surface area contributed by atoms with E-state index in [4.69, 9.17) is 10.5 Å². The minimum atomic E-state index is -4.15. The second-order valence-electron chi connectivity index (χ2n) is 4.18. The van der Waals surface area contributed by atoms with Crippen molar-refractivity contribution in [3.05, 3.63) is 28.5 Å². The Kier molecular flexibility index (Phi) is 4.43. The highest BCUT2D eigenvalue weighted by atomic mass is 79.9. The summed E-state index contributed by atoms with van der Waals surface area (Å²) in [6.45, 7) is -0.0562. The zero-order chi connectivity index (χ0) is 14.9. The molecule has 1 aliphatic rings. The van der Waals surface area contributed by atoms with Crippen molar-refractivity contribution in [2.75, 3.05) is 19.8 Å². The smallest absolute Gasteiger partial charge is 0.246 e. The molecule has 1 fully saturated rings. The van der Waals surface area contributed by atoms with Crippen molar-refractivity contribution in [1.29, 1.82) is 0 Å². The van der Waals surface area contributed by atoms with Gasteiger partial charge in [-0.25, -0.2) is 12.8 Å². The Balaban J connectivity index is 2.45. The Hall–Kier alpha value is -1.03. The molecule has 1 heterocycles. The first-order valence-corrected chi connectivity index (χ1v) is 7.91. The lowest BCUT2D eigenvalue weighted by Crippen LogP contribution is -2.54. The molecule has 2 N–H and O–H groups in total. The molecule has 1 saturated heterocycles. The summed E-state index contributed by atoms with van der Waals surface area (Å²) in [6, 6.07) is 2.47. The maximum absolute atomic E-state index is 13.8. The van der Waals surface area contributed by atoms with Gasteiger partial charge in [0.05, 0.1) is 13.2 Å². The van der Waals surface area contributed by atoms with Crippen molar-refractivity contribution in [2.24, 2.45) is 5.73 Å². The molecule has 1 amide bonds. The first kappa shape index (κ1) is 15.4. The van der Waals surface area contributed by atoms with E-state index in [-0.39, 0.29) is 19.8 Å². The van der Waals surface area contributed by atoms with E-state index in [1.165, 1.54) is 6.07 Å². The van der Waals surface area contributed by atoms with E-state index < -0.39 is 32.7 Å². The number of carbonyl (C=O) groups is 1. The third-order valence-corrected chi connectivity index (χ3v) is 5.32. The van der Waals surface area contributed by atoms with Crippen molar-refractivity contribution in [3.8, 4) is 0 Å². The Labute approximate surface area is 123 Å². The molecule has 0 radical (unpaired) electrons. The van der Waals surface area contributed by atoms with Gasteiger partial charge in [0, 0.05) is 11.0 Å². The standard InChI is InChI=1S/C11H12BrFN2O4S/c12-7-1-2-10(8(13)5-7)20(17,18)15-3-4-19-6-9(15)11(14)16/h1-2,5,9H,3-4,6H2,(H2,14,16). The van der Waals surface area contributed by atoms with E-state index in [1.54, 1.807) is 0 Å². The molecule has 0 aliphatic carbocycles. The quantitative estimate of drug-likeness (QED) is 0.841. The molecule has 9 heteroatoms. The SMILES string of the molecule is NC(=O)C1COCCN1S(=O)(=O)c1ccc(Br)cc1F. The lowest BCUT2D eigenvalue weighted by atomic mass is 10.3. The van der Waals surface area contributed by atoms with Gasteiger partial charge in [-0.3, -0.25) is 4.79 Å². The summed E-state index contributed by atoms with van der Waals surface area (Å²) in [6.07, 6.45) is 0. The summed E-state index contributed by atoms with van der Waals surface area (Å²) in [5.41, 5.74) is 5.17. The summed E-state index contributed by atoms with van der Waals surface area (Å²) in [5, 5.41) is 0. The van der Waals surface area contributed by atoms with Crippen LogP contribution in [0.4, 0.5) is 4.39 Å². The number of carbonyl (C=O) groups excluding carboxylic acids is 1. The lowest BCUT2D eigenvalue weighted by molar-refractivity contribution is -0.125. The summed E-state index contributed by atoms with van der Waals surface area (Å²) in [7, 11) is -4.15. The van der Waals surface area contributed by atoms with Crippen LogP contribution < -0.4 is 5.73 Å². The summed E-state index contributed by atoms with van der Waals surface area (Å²) in [4.78, 5) is 10.8. The van der Waals surface area contributed by atoms with Gasteiger partial charge in [0.1, 0.15) is 16.8 Å². The molecule has 2 rings (SSSR count). The van der Waals surface area contributed by atoms with Gasteiger partial charge in [0.15, 0.2) is 0 Å². The molecule has 1 aromatic carbocycles. The zero-order valence-electron chi connectivity index (χ0n) is 10.3. The van der Waals surface area contributed by atoms with Gasteiger partial charge in [-0.2, -0.15) is 4.31 Å². The number of nitrogens with two attached hydrogens (primary N) is 1. The van der Waals surface area contributed by atoms with Crippen molar-refractivity contribution < 1.29 is 22.3 Å². The van der Waals surface area contributed by atoms with Crippen LogP contribution >= 0.6 is 15.9 Å². The summed E-state index contributed by atoms with van der Waals surface area (Å²) >= 11 is 3.05. The molecule has 0 bridgehead atoms. The Morgan fingerprint density at radius 2 is 2.20 bits per heavy atom. The maximum atomic E-state index is 13.8. The van der Waals surface area contributed by atoms with Gasteiger partial charge in [-0.15, -0.1) is 0 Å². The number of hydrogen-bond donors (Lipinski definition) is 1. The number of morpholine rings is 1. The van der Waals surface area contributed by atoms with Crippen molar-refractivity contribution >= 4 is 31.9 Å². The highest BCUT2D eigenvalue weighted by Gasteiger charge is 2.38. The summed E-state index contributed by atoms with van der Waals surface area (Å²) in [5.74, 6) is -1.72. The van der Waals surface area contributed by atoms with Crippen molar-refractivity contribution in [2.45, 2.75) is 10.9 Å². The number of hydrogen-bond acceptors (Lipinski definition) is 4. The van der Waals surface area contributed by atoms with Crippen molar-refractivity contribution in [3.63, 3.8) is 0 Å². The van der Waals surface area contributed by atoms with Crippen LogP contribution in [0, 0.1) is 5.82 Å². The second-order valence-corrected chi connectivity index (χ2v) is 6.96. The number of nitrogens with zero attached hydrogens (tertiary/aromatic N) is 1. The Morgan fingerprint density at radius 1 is 1.50 bits per heavy atom. The van der Waals surface area contributed by atoms with E-state index in [0.717, 1.165) is 16.4 Å². The maximum Gasteiger partial charge on any atom is 0.246 e. The van der Waals surface area contributed by atoms with Crippen LogP contribution in [-0.4, -0.2) is 44.4 Å². The Bertz CT molecular complexity index is 637. The topological polar surface area (TPSA) is 89.7 Å². The van der Waals surface area contributed by atoms with Crippen LogP contribution in [0.15, 0.2) is 27.6 Å². The molecule has 1 atom stereocenters. The molecule has 110 valence electrons. The van der Waals surface area contributed by atoms with Crippen LogP contribution in [-0.2, 0) is 19.6 Å². The van der Waals surface area contributed by atoms with Crippen LogP contribution in [0.3, 0.4) is 0 Å². The minimum absolute atomic E-state index is 0.0502. The third kappa shape index (κ3) is 2.85. The molecule has 0 spiro atoms. The molecular weight excluding hydrogens is 355 g/mol. The molecule has 0 saturated carbocycles. The number of primary amides is 1. The fraction of sp³-hybridized carbons (Fsp3) is 0.364.